The molecule has 0 radical (unpaired) electrons. The van der Waals surface area contributed by atoms with E-state index in [9.17, 15) is 18.0 Å². The Labute approximate surface area is 183 Å². The summed E-state index contributed by atoms with van der Waals surface area (Å²) in [6, 6.07) is 10.6. The van der Waals surface area contributed by atoms with Gasteiger partial charge in [-0.1, -0.05) is 24.3 Å². The molecule has 1 heterocycles. The molecule has 166 valence electrons. The Bertz CT molecular complexity index is 1110. The number of hydrogen-bond donors (Lipinski definition) is 2. The van der Waals surface area contributed by atoms with Gasteiger partial charge in [0, 0.05) is 24.8 Å². The van der Waals surface area contributed by atoms with E-state index in [1.54, 1.807) is 25.1 Å². The smallest absolute Gasteiger partial charge is 0.313 e. The van der Waals surface area contributed by atoms with Crippen molar-refractivity contribution in [3.8, 4) is 0 Å². The van der Waals surface area contributed by atoms with E-state index in [1.807, 2.05) is 39.0 Å². The van der Waals surface area contributed by atoms with E-state index in [0.29, 0.717) is 35.5 Å². The number of carbonyl (C=O) groups is 2. The van der Waals surface area contributed by atoms with Crippen LogP contribution in [0.2, 0.25) is 0 Å². The third-order valence-corrected chi connectivity index (χ3v) is 7.69. The number of benzene rings is 2. The lowest BCUT2D eigenvalue weighted by Crippen LogP contribution is -2.45. The van der Waals surface area contributed by atoms with Crippen molar-refractivity contribution < 1.29 is 18.0 Å². The molecule has 0 bridgehead atoms. The van der Waals surface area contributed by atoms with E-state index >= 15 is 0 Å². The summed E-state index contributed by atoms with van der Waals surface area (Å²) in [6.45, 7) is 7.86. The summed E-state index contributed by atoms with van der Waals surface area (Å²) in [6.07, 6.45) is 1.34. The first kappa shape index (κ1) is 23.0. The minimum Gasteiger partial charge on any atom is -0.346 e. The molecule has 0 aromatic heterocycles. The van der Waals surface area contributed by atoms with E-state index < -0.39 is 21.8 Å². The first-order chi connectivity index (χ1) is 14.6. The van der Waals surface area contributed by atoms with Gasteiger partial charge in [-0.3, -0.25) is 9.59 Å². The second kappa shape index (κ2) is 9.20. The van der Waals surface area contributed by atoms with E-state index in [2.05, 4.69) is 10.6 Å². The zero-order chi connectivity index (χ0) is 22.8. The molecule has 1 saturated heterocycles. The van der Waals surface area contributed by atoms with Crippen LogP contribution in [0.15, 0.2) is 41.3 Å². The number of nitrogens with one attached hydrogen (secondary N) is 2. The van der Waals surface area contributed by atoms with Gasteiger partial charge < -0.3 is 10.6 Å². The molecule has 7 nitrogen and oxygen atoms in total. The van der Waals surface area contributed by atoms with Crippen LogP contribution in [0.4, 0.5) is 5.69 Å². The van der Waals surface area contributed by atoms with Gasteiger partial charge in [-0.2, -0.15) is 4.31 Å². The molecular formula is C23H29N3O4S. The molecule has 3 rings (SSSR count). The molecule has 1 aliphatic heterocycles. The van der Waals surface area contributed by atoms with Crippen LogP contribution in [0.3, 0.4) is 0 Å². The van der Waals surface area contributed by atoms with Gasteiger partial charge >= 0.3 is 11.8 Å². The molecule has 1 fully saturated rings. The van der Waals surface area contributed by atoms with Crippen LogP contribution in [0.25, 0.3) is 0 Å². The van der Waals surface area contributed by atoms with Gasteiger partial charge in [0.05, 0.1) is 4.90 Å². The number of anilines is 1. The van der Waals surface area contributed by atoms with Crippen LogP contribution in [0, 0.1) is 27.7 Å². The molecule has 2 aromatic rings. The average molecular weight is 444 g/mol. The van der Waals surface area contributed by atoms with E-state index in [0.717, 1.165) is 16.7 Å². The molecule has 1 atom stereocenters. The highest BCUT2D eigenvalue weighted by molar-refractivity contribution is 7.89. The lowest BCUT2D eigenvalue weighted by Gasteiger charge is -2.25. The van der Waals surface area contributed by atoms with Crippen molar-refractivity contribution in [1.82, 2.24) is 9.62 Å². The highest BCUT2D eigenvalue weighted by Gasteiger charge is 2.36. The van der Waals surface area contributed by atoms with Gasteiger partial charge in [0.2, 0.25) is 10.0 Å². The minimum atomic E-state index is -3.69. The summed E-state index contributed by atoms with van der Waals surface area (Å²) >= 11 is 0. The Morgan fingerprint density at radius 3 is 2.32 bits per heavy atom. The number of sulfonamides is 1. The molecule has 2 amide bonds. The van der Waals surface area contributed by atoms with Crippen molar-refractivity contribution in [2.24, 2.45) is 0 Å². The van der Waals surface area contributed by atoms with Gasteiger partial charge in [0.1, 0.15) is 0 Å². The average Bonchev–Trinajstić information content (AvgIpc) is 3.20. The van der Waals surface area contributed by atoms with Crippen molar-refractivity contribution in [3.05, 3.63) is 58.7 Å². The molecule has 2 N–H and O–H groups in total. The summed E-state index contributed by atoms with van der Waals surface area (Å²) in [5.74, 6) is -1.55. The molecule has 0 spiro atoms. The van der Waals surface area contributed by atoms with Crippen LogP contribution in [0.1, 0.15) is 35.1 Å². The van der Waals surface area contributed by atoms with Gasteiger partial charge in [0.25, 0.3) is 0 Å². The standard InChI is InChI=1S/C23H29N3O4S/c1-15-7-9-17(3)20(12-15)25-23(28)22(27)24-14-19-6-5-11-26(19)31(29,30)21-13-16(2)8-10-18(21)4/h7-10,12-13,19H,5-6,11,14H2,1-4H3,(H,24,27)(H,25,28)/t19-/m0/s1. The van der Waals surface area contributed by atoms with Gasteiger partial charge in [-0.05, 0) is 74.9 Å². The molecule has 0 unspecified atom stereocenters. The van der Waals surface area contributed by atoms with Crippen LogP contribution in [0.5, 0.6) is 0 Å². The topological polar surface area (TPSA) is 95.6 Å². The Hall–Kier alpha value is -2.71. The minimum absolute atomic E-state index is 0.0865. The highest BCUT2D eigenvalue weighted by Crippen LogP contribution is 2.28. The summed E-state index contributed by atoms with van der Waals surface area (Å²) in [4.78, 5) is 24.9. The number of amides is 2. The van der Waals surface area contributed by atoms with Gasteiger partial charge in [-0.15, -0.1) is 0 Å². The maximum atomic E-state index is 13.2. The van der Waals surface area contributed by atoms with Crippen LogP contribution < -0.4 is 10.6 Å². The number of rotatable bonds is 5. The van der Waals surface area contributed by atoms with E-state index in [-0.39, 0.29) is 12.6 Å². The van der Waals surface area contributed by atoms with E-state index in [1.165, 1.54) is 4.31 Å². The summed E-state index contributed by atoms with van der Waals surface area (Å²) in [7, 11) is -3.69. The first-order valence-electron chi connectivity index (χ1n) is 10.3. The summed E-state index contributed by atoms with van der Waals surface area (Å²) in [5.41, 5.74) is 3.97. The lowest BCUT2D eigenvalue weighted by molar-refractivity contribution is -0.136. The van der Waals surface area contributed by atoms with Crippen LogP contribution in [-0.2, 0) is 19.6 Å². The summed E-state index contributed by atoms with van der Waals surface area (Å²) in [5, 5.41) is 5.23. The van der Waals surface area contributed by atoms with Crippen molar-refractivity contribution in [3.63, 3.8) is 0 Å². The maximum Gasteiger partial charge on any atom is 0.313 e. The second-order valence-electron chi connectivity index (χ2n) is 8.16. The predicted octanol–water partition coefficient (Wildman–Crippen LogP) is 2.83. The maximum absolute atomic E-state index is 13.2. The number of carbonyl (C=O) groups excluding carboxylic acids is 2. The van der Waals surface area contributed by atoms with Crippen molar-refractivity contribution >= 4 is 27.5 Å². The van der Waals surface area contributed by atoms with E-state index in [4.69, 9.17) is 0 Å². The van der Waals surface area contributed by atoms with Crippen LogP contribution in [-0.4, -0.2) is 43.7 Å². The molecule has 0 saturated carbocycles. The summed E-state index contributed by atoms with van der Waals surface area (Å²) < 4.78 is 27.9. The molecule has 8 heteroatoms. The Morgan fingerprint density at radius 2 is 1.61 bits per heavy atom. The highest BCUT2D eigenvalue weighted by atomic mass is 32.2. The third kappa shape index (κ3) is 5.14. The fourth-order valence-electron chi connectivity index (χ4n) is 3.78. The largest absolute Gasteiger partial charge is 0.346 e. The number of nitrogens with zero attached hydrogens (tertiary/aromatic N) is 1. The lowest BCUT2D eigenvalue weighted by atomic mass is 10.1. The van der Waals surface area contributed by atoms with Crippen molar-refractivity contribution in [2.45, 2.75) is 51.5 Å². The SMILES string of the molecule is Cc1ccc(C)c(NC(=O)C(=O)NC[C@@H]2CCCN2S(=O)(=O)c2cc(C)ccc2C)c1. The Balaban J connectivity index is 1.67. The molecule has 0 aliphatic carbocycles. The molecular weight excluding hydrogens is 414 g/mol. The number of hydrogen-bond acceptors (Lipinski definition) is 4. The molecule has 2 aromatic carbocycles. The zero-order valence-electron chi connectivity index (χ0n) is 18.4. The predicted molar refractivity (Wildman–Crippen MR) is 120 cm³/mol. The monoisotopic (exact) mass is 443 g/mol. The Morgan fingerprint density at radius 1 is 0.968 bits per heavy atom. The zero-order valence-corrected chi connectivity index (χ0v) is 19.2. The quantitative estimate of drug-likeness (QED) is 0.695. The Kier molecular flexibility index (Phi) is 6.81. The fourth-order valence-corrected chi connectivity index (χ4v) is 5.79. The molecule has 31 heavy (non-hydrogen) atoms. The van der Waals surface area contributed by atoms with Crippen molar-refractivity contribution in [2.75, 3.05) is 18.4 Å². The van der Waals surface area contributed by atoms with Gasteiger partial charge in [0.15, 0.2) is 0 Å². The van der Waals surface area contributed by atoms with Crippen LogP contribution >= 0.6 is 0 Å². The number of aryl methyl sites for hydroxylation is 4. The normalized spacial score (nSPS) is 16.8. The molecule has 1 aliphatic rings. The third-order valence-electron chi connectivity index (χ3n) is 5.60. The fraction of sp³-hybridized carbons (Fsp3) is 0.391. The first-order valence-corrected chi connectivity index (χ1v) is 11.8. The second-order valence-corrected chi connectivity index (χ2v) is 10.0. The van der Waals surface area contributed by atoms with Gasteiger partial charge in [-0.25, -0.2) is 8.42 Å². The van der Waals surface area contributed by atoms with Crippen molar-refractivity contribution in [1.29, 1.82) is 0 Å².